The van der Waals surface area contributed by atoms with Gasteiger partial charge in [-0.25, -0.2) is 4.79 Å². The fraction of sp³-hybridized carbons (Fsp3) is 0.529. The molecule has 6 nitrogen and oxygen atoms in total. The predicted octanol–water partition coefficient (Wildman–Crippen LogP) is 2.23. The molecule has 7 heteroatoms. The minimum absolute atomic E-state index is 0. The van der Waals surface area contributed by atoms with Crippen LogP contribution in [0.4, 0.5) is 0 Å². The van der Waals surface area contributed by atoms with Gasteiger partial charge in [-0.05, 0) is 37.5 Å². The number of halogens is 1. The highest BCUT2D eigenvalue weighted by atomic mass is 127. The molecule has 0 heterocycles. The first-order valence-electron chi connectivity index (χ1n) is 7.89. The van der Waals surface area contributed by atoms with Crippen molar-refractivity contribution in [3.8, 4) is 0 Å². The molecule has 2 N–H and O–H groups in total. The Morgan fingerprint density at radius 2 is 1.88 bits per heavy atom. The maximum absolute atomic E-state index is 11.4. The van der Waals surface area contributed by atoms with E-state index in [4.69, 9.17) is 4.74 Å². The van der Waals surface area contributed by atoms with Crippen LogP contribution in [0, 0.1) is 0 Å². The summed E-state index contributed by atoms with van der Waals surface area (Å²) in [5, 5.41) is 6.52. The largest absolute Gasteiger partial charge is 0.465 e. The fourth-order valence-corrected chi connectivity index (χ4v) is 1.99. The zero-order valence-electron chi connectivity index (χ0n) is 14.6. The number of hydrogen-bond donors (Lipinski definition) is 2. The van der Waals surface area contributed by atoms with Crippen LogP contribution in [0.2, 0.25) is 0 Å². The molecule has 0 unspecified atom stereocenters. The van der Waals surface area contributed by atoms with Crippen LogP contribution in [0.1, 0.15) is 29.3 Å². The monoisotopic (exact) mass is 449 g/mol. The molecule has 0 fully saturated rings. The van der Waals surface area contributed by atoms with Gasteiger partial charge in [-0.15, -0.1) is 24.0 Å². The van der Waals surface area contributed by atoms with Gasteiger partial charge >= 0.3 is 5.97 Å². The molecule has 0 saturated carbocycles. The topological polar surface area (TPSA) is 72.0 Å². The highest BCUT2D eigenvalue weighted by Crippen LogP contribution is 2.06. The molecule has 0 aliphatic rings. The number of guanidine groups is 1. The van der Waals surface area contributed by atoms with Crippen molar-refractivity contribution < 1.29 is 14.3 Å². The summed E-state index contributed by atoms with van der Waals surface area (Å²) in [4.78, 5) is 15.9. The molecular formula is C17H28IN3O3. The van der Waals surface area contributed by atoms with E-state index in [1.54, 1.807) is 19.2 Å². The van der Waals surface area contributed by atoms with Gasteiger partial charge in [0.05, 0.1) is 12.7 Å². The third-order valence-corrected chi connectivity index (χ3v) is 3.20. The minimum atomic E-state index is -0.313. The molecule has 0 aromatic heterocycles. The summed E-state index contributed by atoms with van der Waals surface area (Å²) < 4.78 is 9.70. The molecule has 0 bridgehead atoms. The van der Waals surface area contributed by atoms with Crippen LogP contribution >= 0.6 is 24.0 Å². The molecule has 0 amide bonds. The SMILES string of the molecule is CCNC(=NCCCOC)NCCc1ccc(C(=O)OC)cc1.I. The summed E-state index contributed by atoms with van der Waals surface area (Å²) in [6, 6.07) is 7.45. The van der Waals surface area contributed by atoms with Crippen LogP contribution in [-0.2, 0) is 15.9 Å². The maximum atomic E-state index is 11.4. The van der Waals surface area contributed by atoms with Gasteiger partial charge in [0.25, 0.3) is 0 Å². The summed E-state index contributed by atoms with van der Waals surface area (Å²) >= 11 is 0. The average Bonchev–Trinajstić information content (AvgIpc) is 2.58. The van der Waals surface area contributed by atoms with Gasteiger partial charge in [0.15, 0.2) is 5.96 Å². The van der Waals surface area contributed by atoms with E-state index in [9.17, 15) is 4.79 Å². The van der Waals surface area contributed by atoms with Crippen molar-refractivity contribution in [1.29, 1.82) is 0 Å². The molecular weight excluding hydrogens is 421 g/mol. The Labute approximate surface area is 161 Å². The molecule has 0 saturated heterocycles. The number of benzene rings is 1. The molecule has 136 valence electrons. The molecule has 0 atom stereocenters. The van der Waals surface area contributed by atoms with Crippen LogP contribution in [0.5, 0.6) is 0 Å². The number of carbonyl (C=O) groups is 1. The van der Waals surface area contributed by atoms with E-state index >= 15 is 0 Å². The van der Waals surface area contributed by atoms with Crippen LogP contribution < -0.4 is 10.6 Å². The summed E-state index contributed by atoms with van der Waals surface area (Å²) in [6.45, 7) is 5.09. The van der Waals surface area contributed by atoms with Gasteiger partial charge in [-0.1, -0.05) is 12.1 Å². The molecule has 1 aromatic carbocycles. The number of rotatable bonds is 9. The number of ether oxygens (including phenoxy) is 2. The Morgan fingerprint density at radius 1 is 1.17 bits per heavy atom. The molecule has 0 aliphatic carbocycles. The van der Waals surface area contributed by atoms with Gasteiger partial charge < -0.3 is 20.1 Å². The van der Waals surface area contributed by atoms with Gasteiger partial charge in [-0.2, -0.15) is 0 Å². The summed E-state index contributed by atoms with van der Waals surface area (Å²) in [5.41, 5.74) is 1.72. The highest BCUT2D eigenvalue weighted by molar-refractivity contribution is 14.0. The summed E-state index contributed by atoms with van der Waals surface area (Å²) in [6.07, 6.45) is 1.76. The lowest BCUT2D eigenvalue weighted by Crippen LogP contribution is -2.38. The zero-order chi connectivity index (χ0) is 16.9. The molecule has 1 rings (SSSR count). The number of methoxy groups -OCH3 is 2. The lowest BCUT2D eigenvalue weighted by Gasteiger charge is -2.11. The Bertz CT molecular complexity index is 492. The number of nitrogens with zero attached hydrogens (tertiary/aromatic N) is 1. The predicted molar refractivity (Wildman–Crippen MR) is 107 cm³/mol. The first-order valence-corrected chi connectivity index (χ1v) is 7.89. The first kappa shape index (κ1) is 22.6. The van der Waals surface area contributed by atoms with Crippen LogP contribution in [0.25, 0.3) is 0 Å². The lowest BCUT2D eigenvalue weighted by molar-refractivity contribution is 0.0600. The van der Waals surface area contributed by atoms with Crippen LogP contribution in [0.3, 0.4) is 0 Å². The van der Waals surface area contributed by atoms with E-state index in [1.807, 2.05) is 19.1 Å². The smallest absolute Gasteiger partial charge is 0.337 e. The molecule has 0 aliphatic heterocycles. The number of aliphatic imine (C=N–C) groups is 1. The van der Waals surface area contributed by atoms with Crippen LogP contribution in [-0.4, -0.2) is 52.4 Å². The molecule has 0 spiro atoms. The highest BCUT2D eigenvalue weighted by Gasteiger charge is 2.04. The van der Waals surface area contributed by atoms with Crippen molar-refractivity contribution in [2.75, 3.05) is 40.5 Å². The van der Waals surface area contributed by atoms with Crippen molar-refractivity contribution in [3.63, 3.8) is 0 Å². The van der Waals surface area contributed by atoms with E-state index in [0.29, 0.717) is 5.56 Å². The Kier molecular flexibility index (Phi) is 13.2. The molecule has 0 radical (unpaired) electrons. The fourth-order valence-electron chi connectivity index (χ4n) is 1.99. The normalized spacial score (nSPS) is 10.7. The third kappa shape index (κ3) is 9.07. The number of carbonyl (C=O) groups excluding carboxylic acids is 1. The third-order valence-electron chi connectivity index (χ3n) is 3.20. The van der Waals surface area contributed by atoms with Gasteiger partial charge in [0, 0.05) is 33.4 Å². The number of hydrogen-bond acceptors (Lipinski definition) is 4. The Morgan fingerprint density at radius 3 is 2.46 bits per heavy atom. The van der Waals surface area contributed by atoms with Crippen molar-refractivity contribution in [2.45, 2.75) is 19.8 Å². The molecule has 1 aromatic rings. The Hall–Kier alpha value is -1.35. The lowest BCUT2D eigenvalue weighted by atomic mass is 10.1. The van der Waals surface area contributed by atoms with E-state index < -0.39 is 0 Å². The second-order valence-electron chi connectivity index (χ2n) is 4.97. The Balaban J connectivity index is 0.00000529. The van der Waals surface area contributed by atoms with E-state index in [-0.39, 0.29) is 29.9 Å². The van der Waals surface area contributed by atoms with Gasteiger partial charge in [0.2, 0.25) is 0 Å². The number of esters is 1. The standard InChI is InChI=1S/C17H27N3O3.HI/c1-4-18-17(19-11-5-13-22-2)20-12-10-14-6-8-15(9-7-14)16(21)23-3;/h6-9H,4-5,10-13H2,1-3H3,(H2,18,19,20);1H. The summed E-state index contributed by atoms with van der Waals surface area (Å²) in [5.74, 6) is 0.502. The van der Waals surface area contributed by atoms with Gasteiger partial charge in [0.1, 0.15) is 0 Å². The number of nitrogens with one attached hydrogen (secondary N) is 2. The van der Waals surface area contributed by atoms with Gasteiger partial charge in [-0.3, -0.25) is 4.99 Å². The zero-order valence-corrected chi connectivity index (χ0v) is 17.0. The van der Waals surface area contributed by atoms with E-state index in [2.05, 4.69) is 20.4 Å². The van der Waals surface area contributed by atoms with Crippen molar-refractivity contribution in [3.05, 3.63) is 35.4 Å². The molecule has 24 heavy (non-hydrogen) atoms. The van der Waals surface area contributed by atoms with Crippen molar-refractivity contribution in [1.82, 2.24) is 10.6 Å². The van der Waals surface area contributed by atoms with E-state index in [0.717, 1.165) is 50.6 Å². The maximum Gasteiger partial charge on any atom is 0.337 e. The average molecular weight is 449 g/mol. The van der Waals surface area contributed by atoms with E-state index in [1.165, 1.54) is 7.11 Å². The quantitative estimate of drug-likeness (QED) is 0.199. The summed E-state index contributed by atoms with van der Waals surface area (Å²) in [7, 11) is 3.08. The second-order valence-corrected chi connectivity index (χ2v) is 4.97. The van der Waals surface area contributed by atoms with Crippen molar-refractivity contribution in [2.24, 2.45) is 4.99 Å². The minimum Gasteiger partial charge on any atom is -0.465 e. The van der Waals surface area contributed by atoms with Crippen molar-refractivity contribution >= 4 is 35.9 Å². The first-order chi connectivity index (χ1) is 11.2. The second kappa shape index (κ2) is 14.0. The van der Waals surface area contributed by atoms with Crippen LogP contribution in [0.15, 0.2) is 29.3 Å².